The van der Waals surface area contributed by atoms with Crippen LogP contribution in [0.5, 0.6) is 5.75 Å². The third-order valence-corrected chi connectivity index (χ3v) is 6.93. The summed E-state index contributed by atoms with van der Waals surface area (Å²) in [5, 5.41) is 1.49. The van der Waals surface area contributed by atoms with E-state index in [1.807, 2.05) is 13.8 Å². The Morgan fingerprint density at radius 2 is 1.91 bits per heavy atom. The van der Waals surface area contributed by atoms with Crippen LogP contribution in [0.25, 0.3) is 10.2 Å². The Morgan fingerprint density at radius 3 is 2.42 bits per heavy atom. The molecule has 0 saturated carbocycles. The number of carbonyl (C=O) groups is 1. The fraction of sp³-hybridized carbons (Fsp3) is 0.500. The van der Waals surface area contributed by atoms with Crippen molar-refractivity contribution in [1.82, 2.24) is 23.7 Å². The Kier molecular flexibility index (Phi) is 7.57. The molecule has 0 aromatic carbocycles. The van der Waals surface area contributed by atoms with Crippen molar-refractivity contribution >= 4 is 50.8 Å². The summed E-state index contributed by atoms with van der Waals surface area (Å²) in [6, 6.07) is 0. The van der Waals surface area contributed by atoms with E-state index in [0.29, 0.717) is 22.1 Å². The van der Waals surface area contributed by atoms with Crippen molar-refractivity contribution in [2.24, 2.45) is 13.0 Å². The number of aromatic nitrogens is 4. The van der Waals surface area contributed by atoms with Gasteiger partial charge in [0, 0.05) is 20.1 Å². The van der Waals surface area contributed by atoms with E-state index in [-0.39, 0.29) is 40.4 Å². The zero-order chi connectivity index (χ0) is 24.6. The molecule has 0 aliphatic carbocycles. The average molecular weight is 518 g/mol. The highest BCUT2D eigenvalue weighted by Gasteiger charge is 2.27. The summed E-state index contributed by atoms with van der Waals surface area (Å²) in [4.78, 5) is 48.9. The Morgan fingerprint density at radius 1 is 1.24 bits per heavy atom. The molecule has 10 nitrogen and oxygen atoms in total. The largest absolute Gasteiger partial charge is 0.439 e. The molecule has 0 spiro atoms. The third-order valence-electron chi connectivity index (χ3n) is 5.00. The number of halogens is 2. The molecule has 0 unspecified atom stereocenters. The lowest BCUT2D eigenvalue weighted by atomic mass is 10.2. The van der Waals surface area contributed by atoms with Gasteiger partial charge in [-0.15, -0.1) is 11.3 Å². The van der Waals surface area contributed by atoms with Crippen LogP contribution in [-0.4, -0.2) is 43.5 Å². The van der Waals surface area contributed by atoms with Gasteiger partial charge < -0.3 is 9.30 Å². The lowest BCUT2D eigenvalue weighted by molar-refractivity contribution is -0.0957. The second-order valence-electron chi connectivity index (χ2n) is 7.76. The molecular formula is C20H25Cl2N5O5S. The standard InChI is InChI=1S/C20H25Cl2N5O5S/c1-7-27(31-6)20(30)32-14-12(9-25-11(4)23-15(21)16(25)22)33-18-13(14)17(28)24(5)19(29)26(18)8-10(2)3/h10H,7-9H2,1-6H3. The van der Waals surface area contributed by atoms with Gasteiger partial charge in [0.05, 0.1) is 18.5 Å². The van der Waals surface area contributed by atoms with Crippen molar-refractivity contribution in [3.8, 4) is 5.75 Å². The predicted molar refractivity (Wildman–Crippen MR) is 128 cm³/mol. The number of thiophene rings is 1. The number of hydroxylamine groups is 2. The van der Waals surface area contributed by atoms with Gasteiger partial charge in [0.2, 0.25) is 0 Å². The van der Waals surface area contributed by atoms with Crippen LogP contribution in [0, 0.1) is 12.8 Å². The molecule has 1 amide bonds. The summed E-state index contributed by atoms with van der Waals surface area (Å²) < 4.78 is 9.84. The van der Waals surface area contributed by atoms with E-state index in [1.165, 1.54) is 30.1 Å². The number of hydrogen-bond donors (Lipinski definition) is 0. The van der Waals surface area contributed by atoms with E-state index in [4.69, 9.17) is 32.8 Å². The van der Waals surface area contributed by atoms with Crippen LogP contribution in [0.15, 0.2) is 9.59 Å². The van der Waals surface area contributed by atoms with Gasteiger partial charge in [-0.25, -0.2) is 14.6 Å². The van der Waals surface area contributed by atoms with Crippen molar-refractivity contribution in [2.45, 2.75) is 40.8 Å². The summed E-state index contributed by atoms with van der Waals surface area (Å²) in [7, 11) is 2.74. The van der Waals surface area contributed by atoms with Gasteiger partial charge in [-0.2, -0.15) is 5.06 Å². The highest BCUT2D eigenvalue weighted by Crippen LogP contribution is 2.38. The molecule has 0 saturated heterocycles. The highest BCUT2D eigenvalue weighted by molar-refractivity contribution is 7.19. The summed E-state index contributed by atoms with van der Waals surface area (Å²) in [5.74, 6) is 0.723. The molecule has 0 fully saturated rings. The van der Waals surface area contributed by atoms with E-state index >= 15 is 0 Å². The molecule has 3 rings (SSSR count). The minimum absolute atomic E-state index is 0.0499. The number of carbonyl (C=O) groups excluding carboxylic acids is 1. The number of fused-ring (bicyclic) bond motifs is 1. The van der Waals surface area contributed by atoms with E-state index in [2.05, 4.69) is 4.98 Å². The minimum atomic E-state index is -0.795. The Labute approximate surface area is 203 Å². The number of ether oxygens (including phenoxy) is 1. The van der Waals surface area contributed by atoms with Gasteiger partial charge >= 0.3 is 11.8 Å². The van der Waals surface area contributed by atoms with Gasteiger partial charge in [0.15, 0.2) is 10.9 Å². The van der Waals surface area contributed by atoms with Crippen molar-refractivity contribution in [1.29, 1.82) is 0 Å². The maximum atomic E-state index is 13.2. The normalized spacial score (nSPS) is 11.5. The summed E-state index contributed by atoms with van der Waals surface area (Å²) >= 11 is 13.6. The van der Waals surface area contributed by atoms with Crippen LogP contribution in [-0.2, 0) is 25.0 Å². The van der Waals surface area contributed by atoms with Crippen molar-refractivity contribution < 1.29 is 14.4 Å². The molecule has 3 heterocycles. The van der Waals surface area contributed by atoms with Crippen LogP contribution in [0.2, 0.25) is 10.3 Å². The SMILES string of the molecule is CCN(OC)C(=O)Oc1c(Cn2c(C)nc(Cl)c2Cl)sc2c1c(=O)n(C)c(=O)n2CC(C)C. The Hall–Kier alpha value is -2.34. The molecule has 0 aliphatic rings. The van der Waals surface area contributed by atoms with E-state index < -0.39 is 17.3 Å². The van der Waals surface area contributed by atoms with Crippen LogP contribution in [0.3, 0.4) is 0 Å². The average Bonchev–Trinajstić information content (AvgIpc) is 3.22. The first-order valence-corrected chi connectivity index (χ1v) is 11.8. The maximum Gasteiger partial charge on any atom is 0.439 e. The van der Waals surface area contributed by atoms with Gasteiger partial charge in [-0.05, 0) is 19.8 Å². The Bertz CT molecular complexity index is 1320. The van der Waals surface area contributed by atoms with E-state index in [1.54, 1.807) is 18.4 Å². The number of amides is 1. The topological polar surface area (TPSA) is 101 Å². The Balaban J connectivity index is 2.32. The van der Waals surface area contributed by atoms with E-state index in [9.17, 15) is 14.4 Å². The second-order valence-corrected chi connectivity index (χ2v) is 9.56. The van der Waals surface area contributed by atoms with Gasteiger partial charge in [-0.1, -0.05) is 37.0 Å². The first-order valence-electron chi connectivity index (χ1n) is 10.2. The van der Waals surface area contributed by atoms with Crippen LogP contribution < -0.4 is 16.0 Å². The molecule has 0 bridgehead atoms. The molecule has 33 heavy (non-hydrogen) atoms. The molecule has 0 N–H and O–H groups in total. The zero-order valence-corrected chi connectivity index (χ0v) is 21.5. The molecule has 3 aromatic rings. The second kappa shape index (κ2) is 9.88. The first kappa shape index (κ1) is 25.3. The summed E-state index contributed by atoms with van der Waals surface area (Å²) in [5.41, 5.74) is -1.01. The maximum absolute atomic E-state index is 13.2. The third kappa shape index (κ3) is 4.68. The van der Waals surface area contributed by atoms with Crippen LogP contribution in [0.1, 0.15) is 31.5 Å². The number of rotatable bonds is 7. The lowest BCUT2D eigenvalue weighted by Crippen LogP contribution is -2.38. The molecule has 13 heteroatoms. The van der Waals surface area contributed by atoms with Crippen LogP contribution >= 0.6 is 34.5 Å². The number of nitrogens with zero attached hydrogens (tertiary/aromatic N) is 5. The molecule has 180 valence electrons. The van der Waals surface area contributed by atoms with Gasteiger partial charge in [0.1, 0.15) is 21.2 Å². The predicted octanol–water partition coefficient (Wildman–Crippen LogP) is 3.66. The van der Waals surface area contributed by atoms with Crippen molar-refractivity contribution in [3.63, 3.8) is 0 Å². The van der Waals surface area contributed by atoms with Gasteiger partial charge in [0.25, 0.3) is 5.56 Å². The summed E-state index contributed by atoms with van der Waals surface area (Å²) in [6.07, 6.45) is -0.795. The first-order chi connectivity index (χ1) is 15.5. The van der Waals surface area contributed by atoms with Crippen LogP contribution in [0.4, 0.5) is 4.79 Å². The zero-order valence-electron chi connectivity index (χ0n) is 19.1. The van der Waals surface area contributed by atoms with Gasteiger partial charge in [-0.3, -0.25) is 18.8 Å². The molecule has 0 radical (unpaired) electrons. The number of hydrogen-bond acceptors (Lipinski definition) is 7. The molecule has 0 atom stereocenters. The lowest BCUT2D eigenvalue weighted by Gasteiger charge is -2.17. The van der Waals surface area contributed by atoms with Crippen molar-refractivity contribution in [2.75, 3.05) is 13.7 Å². The number of aryl methyl sites for hydroxylation is 1. The molecular weight excluding hydrogens is 493 g/mol. The summed E-state index contributed by atoms with van der Waals surface area (Å²) in [6.45, 7) is 8.11. The fourth-order valence-electron chi connectivity index (χ4n) is 3.39. The fourth-order valence-corrected chi connectivity index (χ4v) is 5.05. The van der Waals surface area contributed by atoms with E-state index in [0.717, 1.165) is 9.63 Å². The molecule has 0 aliphatic heterocycles. The molecule has 3 aromatic heterocycles. The quantitative estimate of drug-likeness (QED) is 0.443. The highest BCUT2D eigenvalue weighted by atomic mass is 35.5. The van der Waals surface area contributed by atoms with Crippen molar-refractivity contribution in [3.05, 3.63) is 41.8 Å². The number of imidazole rings is 1. The minimum Gasteiger partial charge on any atom is -0.406 e. The smallest absolute Gasteiger partial charge is 0.406 e. The monoisotopic (exact) mass is 517 g/mol.